The van der Waals surface area contributed by atoms with Crippen molar-refractivity contribution in [3.05, 3.63) is 40.8 Å². The first kappa shape index (κ1) is 23.1. The predicted molar refractivity (Wildman–Crippen MR) is 135 cm³/mol. The van der Waals surface area contributed by atoms with E-state index in [1.807, 2.05) is 17.0 Å². The Kier molecular flexibility index (Phi) is 5.63. The molecular formula is C23H22N6O4S2. The van der Waals surface area contributed by atoms with Gasteiger partial charge in [0.05, 0.1) is 22.6 Å². The maximum atomic E-state index is 12.4. The highest BCUT2D eigenvalue weighted by Gasteiger charge is 2.29. The Morgan fingerprint density at radius 2 is 2.00 bits per heavy atom. The fraction of sp³-hybridized carbons (Fsp3) is 0.261. The lowest BCUT2D eigenvalue weighted by atomic mass is 10.0. The van der Waals surface area contributed by atoms with Gasteiger partial charge in [0.15, 0.2) is 5.76 Å². The average molecular weight is 511 g/mol. The lowest BCUT2D eigenvalue weighted by Crippen LogP contribution is -2.49. The van der Waals surface area contributed by atoms with Crippen LogP contribution in [0.2, 0.25) is 0 Å². The van der Waals surface area contributed by atoms with E-state index in [1.165, 1.54) is 4.31 Å². The van der Waals surface area contributed by atoms with E-state index in [4.69, 9.17) is 20.9 Å². The Morgan fingerprint density at radius 1 is 1.26 bits per heavy atom. The molecule has 1 aliphatic carbocycles. The number of carbonyl (C=O) groups is 1. The number of thiophene rings is 1. The molecule has 5 rings (SSSR count). The molecule has 0 radical (unpaired) electrons. The molecule has 2 aromatic heterocycles. The van der Waals surface area contributed by atoms with Gasteiger partial charge in [0, 0.05) is 37.1 Å². The third kappa shape index (κ3) is 3.87. The molecule has 1 fully saturated rings. The van der Waals surface area contributed by atoms with Gasteiger partial charge in [-0.05, 0) is 25.1 Å². The van der Waals surface area contributed by atoms with Crippen molar-refractivity contribution in [2.75, 3.05) is 42.6 Å². The van der Waals surface area contributed by atoms with Crippen molar-refractivity contribution in [2.24, 2.45) is 5.73 Å². The van der Waals surface area contributed by atoms with Gasteiger partial charge in [-0.3, -0.25) is 4.79 Å². The average Bonchev–Trinajstić information content (AvgIpc) is 3.46. The molecule has 0 unspecified atom stereocenters. The van der Waals surface area contributed by atoms with E-state index in [0.29, 0.717) is 70.5 Å². The Hall–Kier alpha value is -3.66. The fourth-order valence-corrected chi connectivity index (χ4v) is 6.41. The number of amides is 1. The number of pyridine rings is 1. The highest BCUT2D eigenvalue weighted by Crippen LogP contribution is 2.44. The van der Waals surface area contributed by atoms with Crippen LogP contribution in [0.1, 0.15) is 22.2 Å². The molecule has 1 amide bonds. The molecule has 0 bridgehead atoms. The van der Waals surface area contributed by atoms with Crippen LogP contribution >= 0.6 is 11.3 Å². The number of nitriles is 1. The second-order valence-electron chi connectivity index (χ2n) is 8.16. The van der Waals surface area contributed by atoms with E-state index in [2.05, 4.69) is 6.07 Å². The first-order chi connectivity index (χ1) is 16.7. The third-order valence-electron chi connectivity index (χ3n) is 6.12. The van der Waals surface area contributed by atoms with Gasteiger partial charge in [0.2, 0.25) is 10.0 Å². The van der Waals surface area contributed by atoms with Crippen molar-refractivity contribution >= 4 is 49.0 Å². The molecule has 2 aliphatic heterocycles. The Bertz CT molecular complexity index is 1580. The van der Waals surface area contributed by atoms with Gasteiger partial charge < -0.3 is 20.8 Å². The van der Waals surface area contributed by atoms with E-state index < -0.39 is 15.9 Å². The third-order valence-corrected chi connectivity index (χ3v) is 9.12. The Morgan fingerprint density at radius 3 is 2.66 bits per heavy atom. The summed E-state index contributed by atoms with van der Waals surface area (Å²) in [4.78, 5) is 19.7. The van der Waals surface area contributed by atoms with Crippen molar-refractivity contribution < 1.29 is 17.6 Å². The molecule has 4 N–H and O–H groups in total. The fourth-order valence-electron chi connectivity index (χ4n) is 4.32. The minimum Gasteiger partial charge on any atom is -0.454 e. The topological polar surface area (TPSA) is 160 Å². The zero-order valence-corrected chi connectivity index (χ0v) is 20.4. The molecule has 180 valence electrons. The lowest BCUT2D eigenvalue weighted by molar-refractivity contribution is 0.100. The summed E-state index contributed by atoms with van der Waals surface area (Å²) in [6, 6.07) is 11.1. The largest absolute Gasteiger partial charge is 0.454 e. The van der Waals surface area contributed by atoms with Crippen LogP contribution in [-0.2, 0) is 10.0 Å². The van der Waals surface area contributed by atoms with Crippen LogP contribution in [0.4, 0.5) is 11.5 Å². The summed E-state index contributed by atoms with van der Waals surface area (Å²) in [5.41, 5.74) is 13.9. The monoisotopic (exact) mass is 510 g/mol. The minimum atomic E-state index is -3.29. The van der Waals surface area contributed by atoms with E-state index >= 15 is 0 Å². The summed E-state index contributed by atoms with van der Waals surface area (Å²) in [5.74, 6) is 0.723. The van der Waals surface area contributed by atoms with Crippen molar-refractivity contribution in [1.29, 1.82) is 5.26 Å². The quantitative estimate of drug-likeness (QED) is 0.414. The van der Waals surface area contributed by atoms with Crippen LogP contribution in [0.5, 0.6) is 0 Å². The van der Waals surface area contributed by atoms with Crippen LogP contribution in [0, 0.1) is 11.3 Å². The molecule has 12 heteroatoms. The standard InChI is InChI=1S/C23H22N6O4S2/c1-2-35(31,32)29-8-6-28(7-9-29)22-14(12-24)10-15-18(20(21(26)30)34-23(15)27-22)19-16(25)11-13-4-3-5-17(13)33-19/h3-5,10-11H,2,6-9,25H2,1H3,(H2,26,30). The number of anilines is 2. The highest BCUT2D eigenvalue weighted by atomic mass is 32.2. The van der Waals surface area contributed by atoms with Crippen LogP contribution in [-0.4, -0.2) is 55.5 Å². The number of piperazine rings is 1. The molecule has 3 aliphatic rings. The smallest absolute Gasteiger partial charge is 0.259 e. The highest BCUT2D eigenvalue weighted by molar-refractivity contribution is 7.89. The molecule has 0 spiro atoms. The molecule has 2 aromatic rings. The van der Waals surface area contributed by atoms with Crippen LogP contribution in [0.25, 0.3) is 32.9 Å². The number of carbonyl (C=O) groups excluding carboxylic acids is 1. The van der Waals surface area contributed by atoms with Crippen molar-refractivity contribution in [3.8, 4) is 28.7 Å². The van der Waals surface area contributed by atoms with E-state index in [0.717, 1.165) is 16.9 Å². The molecular weight excluding hydrogens is 488 g/mol. The summed E-state index contributed by atoms with van der Waals surface area (Å²) < 4.78 is 31.9. The number of primary amides is 1. The predicted octanol–water partition coefficient (Wildman–Crippen LogP) is 2.69. The number of nitrogens with zero attached hydrogens (tertiary/aromatic N) is 4. The zero-order valence-electron chi connectivity index (χ0n) is 18.8. The lowest BCUT2D eigenvalue weighted by Gasteiger charge is -2.34. The second kappa shape index (κ2) is 8.53. The van der Waals surface area contributed by atoms with E-state index in [-0.39, 0.29) is 10.6 Å². The van der Waals surface area contributed by atoms with Gasteiger partial charge in [0.25, 0.3) is 5.91 Å². The summed E-state index contributed by atoms with van der Waals surface area (Å²) in [6.45, 7) is 3.01. The molecule has 1 saturated heterocycles. The molecule has 4 heterocycles. The molecule has 0 saturated carbocycles. The first-order valence-electron chi connectivity index (χ1n) is 10.9. The Balaban J connectivity index is 1.62. The van der Waals surface area contributed by atoms with Crippen molar-refractivity contribution in [3.63, 3.8) is 0 Å². The van der Waals surface area contributed by atoms with Crippen molar-refractivity contribution in [1.82, 2.24) is 9.29 Å². The van der Waals surface area contributed by atoms with Gasteiger partial charge in [-0.2, -0.15) is 9.57 Å². The number of fused-ring (bicyclic) bond motifs is 2. The summed E-state index contributed by atoms with van der Waals surface area (Å²) in [5, 5.41) is 10.5. The summed E-state index contributed by atoms with van der Waals surface area (Å²) >= 11 is 1.11. The Labute approximate surface area is 205 Å². The first-order valence-corrected chi connectivity index (χ1v) is 13.3. The molecule has 10 nitrogen and oxygen atoms in total. The maximum absolute atomic E-state index is 12.4. The summed E-state index contributed by atoms with van der Waals surface area (Å²) in [7, 11) is -3.29. The van der Waals surface area contributed by atoms with Crippen LogP contribution in [0.3, 0.4) is 0 Å². The van der Waals surface area contributed by atoms with Crippen molar-refractivity contribution in [2.45, 2.75) is 6.92 Å². The molecule has 0 atom stereocenters. The SMILES string of the molecule is CCS(=O)(=O)N1CCN(c2nc3sc(C(N)=O)c(-c4oc5cccc-5cc4N)c3cc2C#N)CC1. The van der Waals surface area contributed by atoms with Gasteiger partial charge in [0.1, 0.15) is 27.4 Å². The summed E-state index contributed by atoms with van der Waals surface area (Å²) in [6.07, 6.45) is 0. The van der Waals surface area contributed by atoms with Crippen LogP contribution in [0.15, 0.2) is 34.7 Å². The number of nitrogens with two attached hydrogens (primary N) is 2. The molecule has 35 heavy (non-hydrogen) atoms. The van der Waals surface area contributed by atoms with Gasteiger partial charge >= 0.3 is 0 Å². The molecule has 0 aromatic carbocycles. The minimum absolute atomic E-state index is 0.0409. The maximum Gasteiger partial charge on any atom is 0.259 e. The van der Waals surface area contributed by atoms with Gasteiger partial charge in [-0.25, -0.2) is 13.4 Å². The number of sulfonamides is 1. The van der Waals surface area contributed by atoms with Gasteiger partial charge in [-0.1, -0.05) is 12.1 Å². The van der Waals surface area contributed by atoms with Gasteiger partial charge in [-0.15, -0.1) is 11.3 Å². The van der Waals surface area contributed by atoms with Crippen LogP contribution < -0.4 is 16.4 Å². The van der Waals surface area contributed by atoms with E-state index in [1.54, 1.807) is 25.1 Å². The zero-order chi connectivity index (χ0) is 24.9. The number of hydrogen-bond acceptors (Lipinski definition) is 9. The number of hydrogen-bond donors (Lipinski definition) is 2. The number of aromatic nitrogens is 1. The number of rotatable bonds is 5. The normalized spacial score (nSPS) is 15.0. The van der Waals surface area contributed by atoms with E-state index in [9.17, 15) is 18.5 Å². The second-order valence-corrected chi connectivity index (χ2v) is 11.4. The number of nitrogen functional groups attached to an aromatic ring is 1.